The maximum Gasteiger partial charge on any atom is 0.0349 e. The molecule has 2 N–H and O–H groups in total. The van der Waals surface area contributed by atoms with Crippen LogP contribution in [0.5, 0.6) is 0 Å². The molecule has 2 aromatic rings. The lowest BCUT2D eigenvalue weighted by Crippen LogP contribution is -2.22. The number of hydrogen-bond acceptors (Lipinski definition) is 2. The van der Waals surface area contributed by atoms with Gasteiger partial charge in [-0.15, -0.1) is 0 Å². The molecule has 1 aliphatic carbocycles. The molecule has 1 heterocycles. The summed E-state index contributed by atoms with van der Waals surface area (Å²) in [4.78, 5) is 4.26. The van der Waals surface area contributed by atoms with Crippen molar-refractivity contribution in [1.29, 1.82) is 0 Å². The van der Waals surface area contributed by atoms with Crippen LogP contribution >= 0.6 is 0 Å². The molecule has 2 nitrogen and oxygen atoms in total. The Hall–Kier alpha value is -1.41. The van der Waals surface area contributed by atoms with Crippen molar-refractivity contribution in [1.82, 2.24) is 4.98 Å². The van der Waals surface area contributed by atoms with Crippen molar-refractivity contribution in [2.45, 2.75) is 37.6 Å². The second-order valence-corrected chi connectivity index (χ2v) is 5.47. The van der Waals surface area contributed by atoms with E-state index >= 15 is 0 Å². The predicted octanol–water partition coefficient (Wildman–Crippen LogP) is 3.00. The van der Waals surface area contributed by atoms with Gasteiger partial charge in [0.05, 0.1) is 0 Å². The van der Waals surface area contributed by atoms with Crippen LogP contribution in [-0.4, -0.2) is 11.0 Å². The molecule has 0 aliphatic heterocycles. The highest BCUT2D eigenvalue weighted by Crippen LogP contribution is 2.42. The zero-order valence-electron chi connectivity index (χ0n) is 10.2. The molecule has 0 saturated heterocycles. The topological polar surface area (TPSA) is 38.9 Å². The quantitative estimate of drug-likeness (QED) is 0.811. The van der Waals surface area contributed by atoms with E-state index < -0.39 is 0 Å². The van der Waals surface area contributed by atoms with Crippen LogP contribution in [-0.2, 0) is 5.41 Å². The number of aromatic nitrogens is 1. The molecule has 1 saturated carbocycles. The lowest BCUT2D eigenvalue weighted by atomic mass is 9.79. The summed E-state index contributed by atoms with van der Waals surface area (Å²) < 4.78 is 0. The Morgan fingerprint density at radius 1 is 1.35 bits per heavy atom. The number of nitrogens with zero attached hydrogens (tertiary/aromatic N) is 1. The Balaban J connectivity index is 2.17. The number of rotatable bonds is 1. The summed E-state index contributed by atoms with van der Waals surface area (Å²) >= 11 is 0. The third-order valence-electron chi connectivity index (χ3n) is 4.11. The number of benzene rings is 1. The summed E-state index contributed by atoms with van der Waals surface area (Å²) in [5.74, 6) is 0. The number of pyridine rings is 1. The fourth-order valence-electron chi connectivity index (χ4n) is 3.17. The molecular weight excluding hydrogens is 208 g/mol. The van der Waals surface area contributed by atoms with Crippen LogP contribution in [0, 0.1) is 0 Å². The van der Waals surface area contributed by atoms with Gasteiger partial charge in [0.15, 0.2) is 0 Å². The molecule has 2 unspecified atom stereocenters. The van der Waals surface area contributed by atoms with Crippen molar-refractivity contribution in [3.8, 4) is 0 Å². The van der Waals surface area contributed by atoms with Crippen LogP contribution in [0.25, 0.3) is 10.8 Å². The first-order valence-corrected chi connectivity index (χ1v) is 6.28. The second-order valence-electron chi connectivity index (χ2n) is 5.47. The average molecular weight is 226 g/mol. The van der Waals surface area contributed by atoms with Crippen LogP contribution in [0.2, 0.25) is 0 Å². The van der Waals surface area contributed by atoms with E-state index in [1.54, 1.807) is 0 Å². The number of fused-ring (bicyclic) bond motifs is 1. The van der Waals surface area contributed by atoms with Crippen molar-refractivity contribution in [2.75, 3.05) is 0 Å². The highest BCUT2D eigenvalue weighted by atomic mass is 14.7. The summed E-state index contributed by atoms with van der Waals surface area (Å²) in [7, 11) is 0. The standard InChI is InChI=1S/C15H18N2/c1-15(7-5-12(16)9-15)14-4-2-3-11-6-8-17-10-13(11)14/h2-4,6,8,10,12H,5,7,9,16H2,1H3. The average Bonchev–Trinajstić information content (AvgIpc) is 2.70. The lowest BCUT2D eigenvalue weighted by molar-refractivity contribution is 0.486. The zero-order valence-corrected chi connectivity index (χ0v) is 10.2. The largest absolute Gasteiger partial charge is 0.328 e. The van der Waals surface area contributed by atoms with Gasteiger partial charge in [-0.2, -0.15) is 0 Å². The lowest BCUT2D eigenvalue weighted by Gasteiger charge is -2.26. The maximum atomic E-state index is 6.08. The van der Waals surface area contributed by atoms with Crippen molar-refractivity contribution in [3.05, 3.63) is 42.2 Å². The van der Waals surface area contributed by atoms with E-state index in [9.17, 15) is 0 Å². The Bertz CT molecular complexity index is 544. The van der Waals surface area contributed by atoms with Crippen LogP contribution < -0.4 is 5.73 Å². The third-order valence-corrected chi connectivity index (χ3v) is 4.11. The molecule has 1 aliphatic rings. The van der Waals surface area contributed by atoms with E-state index in [-0.39, 0.29) is 5.41 Å². The summed E-state index contributed by atoms with van der Waals surface area (Å²) in [6.45, 7) is 2.33. The fraction of sp³-hybridized carbons (Fsp3) is 0.400. The normalized spacial score (nSPS) is 28.7. The summed E-state index contributed by atoms with van der Waals surface area (Å²) in [5.41, 5.74) is 7.71. The fourth-order valence-corrected chi connectivity index (χ4v) is 3.17. The van der Waals surface area contributed by atoms with Gasteiger partial charge in [-0.25, -0.2) is 0 Å². The van der Waals surface area contributed by atoms with E-state index in [1.165, 1.54) is 22.8 Å². The van der Waals surface area contributed by atoms with Crippen LogP contribution in [0.1, 0.15) is 31.7 Å². The number of nitrogens with two attached hydrogens (primary N) is 1. The van der Waals surface area contributed by atoms with Gasteiger partial charge in [0.25, 0.3) is 0 Å². The second kappa shape index (κ2) is 3.81. The molecule has 1 fully saturated rings. The Labute approximate surface area is 102 Å². The van der Waals surface area contributed by atoms with E-state index in [0.29, 0.717) is 6.04 Å². The van der Waals surface area contributed by atoms with Crippen LogP contribution in [0.15, 0.2) is 36.7 Å². The predicted molar refractivity (Wildman–Crippen MR) is 70.9 cm³/mol. The van der Waals surface area contributed by atoms with Crippen molar-refractivity contribution < 1.29 is 0 Å². The molecule has 0 radical (unpaired) electrons. The molecule has 88 valence electrons. The van der Waals surface area contributed by atoms with Gasteiger partial charge in [-0.05, 0) is 41.7 Å². The van der Waals surface area contributed by atoms with Crippen LogP contribution in [0.3, 0.4) is 0 Å². The van der Waals surface area contributed by atoms with Gasteiger partial charge in [0.2, 0.25) is 0 Å². The van der Waals surface area contributed by atoms with Gasteiger partial charge >= 0.3 is 0 Å². The molecule has 2 atom stereocenters. The smallest absolute Gasteiger partial charge is 0.0349 e. The summed E-state index contributed by atoms with van der Waals surface area (Å²) in [5, 5.41) is 2.56. The minimum Gasteiger partial charge on any atom is -0.328 e. The minimum absolute atomic E-state index is 0.224. The Kier molecular flexibility index (Phi) is 2.40. The zero-order chi connectivity index (χ0) is 11.9. The Morgan fingerprint density at radius 3 is 3.00 bits per heavy atom. The molecule has 0 amide bonds. The van der Waals surface area contributed by atoms with E-state index in [0.717, 1.165) is 12.8 Å². The third kappa shape index (κ3) is 1.73. The monoisotopic (exact) mass is 226 g/mol. The van der Waals surface area contributed by atoms with E-state index in [1.807, 2.05) is 12.4 Å². The van der Waals surface area contributed by atoms with Gasteiger partial charge in [-0.3, -0.25) is 4.98 Å². The van der Waals surface area contributed by atoms with E-state index in [4.69, 9.17) is 5.73 Å². The molecule has 2 heteroatoms. The first kappa shape index (κ1) is 10.7. The molecule has 1 aromatic heterocycles. The van der Waals surface area contributed by atoms with Crippen molar-refractivity contribution in [3.63, 3.8) is 0 Å². The summed E-state index contributed by atoms with van der Waals surface area (Å²) in [6.07, 6.45) is 7.24. The highest BCUT2D eigenvalue weighted by Gasteiger charge is 2.35. The molecule has 17 heavy (non-hydrogen) atoms. The molecular formula is C15H18N2. The SMILES string of the molecule is CC1(c2cccc3ccncc23)CCC(N)C1. The molecule has 0 spiro atoms. The van der Waals surface area contributed by atoms with E-state index in [2.05, 4.69) is 36.2 Å². The highest BCUT2D eigenvalue weighted by molar-refractivity contribution is 5.85. The first-order chi connectivity index (χ1) is 8.19. The van der Waals surface area contributed by atoms with Gasteiger partial charge < -0.3 is 5.73 Å². The first-order valence-electron chi connectivity index (χ1n) is 6.28. The minimum atomic E-state index is 0.224. The summed E-state index contributed by atoms with van der Waals surface area (Å²) in [6, 6.07) is 8.97. The van der Waals surface area contributed by atoms with Gasteiger partial charge in [0, 0.05) is 23.8 Å². The van der Waals surface area contributed by atoms with Crippen molar-refractivity contribution >= 4 is 10.8 Å². The molecule has 1 aromatic carbocycles. The Morgan fingerprint density at radius 2 is 2.24 bits per heavy atom. The van der Waals surface area contributed by atoms with Crippen LogP contribution in [0.4, 0.5) is 0 Å². The molecule has 3 rings (SSSR count). The van der Waals surface area contributed by atoms with Crippen molar-refractivity contribution in [2.24, 2.45) is 5.73 Å². The maximum absolute atomic E-state index is 6.08. The molecule has 0 bridgehead atoms. The van der Waals surface area contributed by atoms with Gasteiger partial charge in [-0.1, -0.05) is 25.1 Å². The van der Waals surface area contributed by atoms with Gasteiger partial charge in [0.1, 0.15) is 0 Å². The number of hydrogen-bond donors (Lipinski definition) is 1.